The molecule has 0 radical (unpaired) electrons. The molecule has 0 saturated carbocycles. The Bertz CT molecular complexity index is 522. The Kier molecular flexibility index (Phi) is 3.18. The quantitative estimate of drug-likeness (QED) is 0.883. The lowest BCUT2D eigenvalue weighted by atomic mass is 10.0. The van der Waals surface area contributed by atoms with E-state index in [2.05, 4.69) is 23.5 Å². The highest BCUT2D eigenvalue weighted by Crippen LogP contribution is 2.23. The van der Waals surface area contributed by atoms with Gasteiger partial charge in [0, 0.05) is 12.2 Å². The SMILES string of the molecule is c1ccc(OCc2ccc3c(c2)CCCN3)cc1. The molecule has 18 heavy (non-hydrogen) atoms. The van der Waals surface area contributed by atoms with Crippen LogP contribution < -0.4 is 10.1 Å². The van der Waals surface area contributed by atoms with Crippen molar-refractivity contribution in [3.63, 3.8) is 0 Å². The summed E-state index contributed by atoms with van der Waals surface area (Å²) >= 11 is 0. The van der Waals surface area contributed by atoms with Gasteiger partial charge in [0.2, 0.25) is 0 Å². The summed E-state index contributed by atoms with van der Waals surface area (Å²) in [5.41, 5.74) is 3.93. The molecule has 3 rings (SSSR count). The second-order valence-electron chi connectivity index (χ2n) is 4.62. The van der Waals surface area contributed by atoms with Gasteiger partial charge in [-0.15, -0.1) is 0 Å². The zero-order valence-corrected chi connectivity index (χ0v) is 10.4. The number of benzene rings is 2. The predicted molar refractivity (Wildman–Crippen MR) is 74.0 cm³/mol. The molecule has 92 valence electrons. The van der Waals surface area contributed by atoms with Gasteiger partial charge >= 0.3 is 0 Å². The molecule has 0 fully saturated rings. The number of anilines is 1. The van der Waals surface area contributed by atoms with Crippen LogP contribution in [-0.4, -0.2) is 6.54 Å². The molecular weight excluding hydrogens is 222 g/mol. The van der Waals surface area contributed by atoms with E-state index in [0.29, 0.717) is 6.61 Å². The van der Waals surface area contributed by atoms with Crippen LogP contribution >= 0.6 is 0 Å². The smallest absolute Gasteiger partial charge is 0.119 e. The summed E-state index contributed by atoms with van der Waals surface area (Å²) in [6.45, 7) is 1.73. The molecule has 0 saturated heterocycles. The number of fused-ring (bicyclic) bond motifs is 1. The molecule has 1 heterocycles. The summed E-state index contributed by atoms with van der Waals surface area (Å²) in [6.07, 6.45) is 2.39. The van der Waals surface area contributed by atoms with E-state index in [0.717, 1.165) is 12.3 Å². The fourth-order valence-corrected chi connectivity index (χ4v) is 2.30. The van der Waals surface area contributed by atoms with Gasteiger partial charge in [0.15, 0.2) is 0 Å². The second kappa shape index (κ2) is 5.13. The Labute approximate surface area is 108 Å². The number of aryl methyl sites for hydroxylation is 1. The van der Waals surface area contributed by atoms with Crippen LogP contribution in [0.1, 0.15) is 17.5 Å². The summed E-state index contributed by atoms with van der Waals surface area (Å²) in [4.78, 5) is 0. The Morgan fingerprint density at radius 3 is 2.83 bits per heavy atom. The Hall–Kier alpha value is -1.96. The van der Waals surface area contributed by atoms with E-state index in [1.54, 1.807) is 0 Å². The zero-order valence-electron chi connectivity index (χ0n) is 10.4. The van der Waals surface area contributed by atoms with Crippen molar-refractivity contribution in [3.8, 4) is 5.75 Å². The molecule has 2 aromatic rings. The van der Waals surface area contributed by atoms with Crippen molar-refractivity contribution in [1.29, 1.82) is 0 Å². The number of hydrogen-bond donors (Lipinski definition) is 1. The fourth-order valence-electron chi connectivity index (χ4n) is 2.30. The minimum atomic E-state index is 0.636. The Morgan fingerprint density at radius 1 is 1.06 bits per heavy atom. The molecule has 0 spiro atoms. The van der Waals surface area contributed by atoms with Crippen LogP contribution in [0.2, 0.25) is 0 Å². The van der Waals surface area contributed by atoms with Crippen LogP contribution in [0.5, 0.6) is 5.75 Å². The number of nitrogens with one attached hydrogen (secondary N) is 1. The topological polar surface area (TPSA) is 21.3 Å². The summed E-state index contributed by atoms with van der Waals surface area (Å²) in [5, 5.41) is 3.42. The molecule has 2 nitrogen and oxygen atoms in total. The fraction of sp³-hybridized carbons (Fsp3) is 0.250. The molecule has 2 aromatic carbocycles. The van der Waals surface area contributed by atoms with Gasteiger partial charge in [-0.05, 0) is 42.2 Å². The van der Waals surface area contributed by atoms with Crippen LogP contribution in [0.25, 0.3) is 0 Å². The highest BCUT2D eigenvalue weighted by Gasteiger charge is 2.08. The second-order valence-corrected chi connectivity index (χ2v) is 4.62. The number of rotatable bonds is 3. The summed E-state index contributed by atoms with van der Waals surface area (Å²) < 4.78 is 5.76. The van der Waals surface area contributed by atoms with Crippen LogP contribution in [0.15, 0.2) is 48.5 Å². The number of para-hydroxylation sites is 1. The van der Waals surface area contributed by atoms with Crippen LogP contribution in [0.4, 0.5) is 5.69 Å². The van der Waals surface area contributed by atoms with Crippen molar-refractivity contribution in [2.45, 2.75) is 19.4 Å². The summed E-state index contributed by atoms with van der Waals surface area (Å²) in [5.74, 6) is 0.924. The van der Waals surface area contributed by atoms with Crippen molar-refractivity contribution in [3.05, 3.63) is 59.7 Å². The van der Waals surface area contributed by atoms with E-state index in [9.17, 15) is 0 Å². The Balaban J connectivity index is 1.70. The van der Waals surface area contributed by atoms with Crippen LogP contribution in [0.3, 0.4) is 0 Å². The van der Waals surface area contributed by atoms with Gasteiger partial charge in [-0.25, -0.2) is 0 Å². The monoisotopic (exact) mass is 239 g/mol. The molecule has 0 amide bonds. The first-order chi connectivity index (χ1) is 8.92. The van der Waals surface area contributed by atoms with Crippen molar-refractivity contribution in [1.82, 2.24) is 0 Å². The molecular formula is C16H17NO. The van der Waals surface area contributed by atoms with E-state index < -0.39 is 0 Å². The Morgan fingerprint density at radius 2 is 1.94 bits per heavy atom. The first kappa shape index (κ1) is 11.1. The normalized spacial score (nSPS) is 13.6. The maximum absolute atomic E-state index is 5.76. The predicted octanol–water partition coefficient (Wildman–Crippen LogP) is 3.62. The van der Waals surface area contributed by atoms with Crippen molar-refractivity contribution < 1.29 is 4.74 Å². The van der Waals surface area contributed by atoms with Crippen molar-refractivity contribution >= 4 is 5.69 Å². The molecule has 1 aliphatic rings. The molecule has 0 aliphatic carbocycles. The lowest BCUT2D eigenvalue weighted by Gasteiger charge is -2.18. The van der Waals surface area contributed by atoms with Gasteiger partial charge in [-0.1, -0.05) is 30.3 Å². The molecule has 0 atom stereocenters. The van der Waals surface area contributed by atoms with E-state index in [-0.39, 0.29) is 0 Å². The largest absolute Gasteiger partial charge is 0.489 e. The third kappa shape index (κ3) is 2.48. The molecule has 0 unspecified atom stereocenters. The van der Waals surface area contributed by atoms with E-state index >= 15 is 0 Å². The van der Waals surface area contributed by atoms with Gasteiger partial charge in [0.25, 0.3) is 0 Å². The lowest BCUT2D eigenvalue weighted by molar-refractivity contribution is 0.306. The lowest BCUT2D eigenvalue weighted by Crippen LogP contribution is -2.12. The molecule has 0 bridgehead atoms. The highest BCUT2D eigenvalue weighted by molar-refractivity contribution is 5.54. The summed E-state index contributed by atoms with van der Waals surface area (Å²) in [6, 6.07) is 16.5. The van der Waals surface area contributed by atoms with Crippen LogP contribution in [0, 0.1) is 0 Å². The van der Waals surface area contributed by atoms with E-state index in [4.69, 9.17) is 4.74 Å². The first-order valence-electron chi connectivity index (χ1n) is 6.45. The minimum absolute atomic E-state index is 0.636. The zero-order chi connectivity index (χ0) is 12.2. The third-order valence-electron chi connectivity index (χ3n) is 3.26. The van der Waals surface area contributed by atoms with Gasteiger partial charge < -0.3 is 10.1 Å². The molecule has 2 heteroatoms. The van der Waals surface area contributed by atoms with Gasteiger partial charge in [0.1, 0.15) is 12.4 Å². The highest BCUT2D eigenvalue weighted by atomic mass is 16.5. The van der Waals surface area contributed by atoms with Gasteiger partial charge in [-0.2, -0.15) is 0 Å². The van der Waals surface area contributed by atoms with Crippen LogP contribution in [-0.2, 0) is 13.0 Å². The maximum atomic E-state index is 5.76. The van der Waals surface area contributed by atoms with E-state index in [1.807, 2.05) is 30.3 Å². The average Bonchev–Trinajstić information content (AvgIpc) is 2.46. The first-order valence-corrected chi connectivity index (χ1v) is 6.45. The van der Waals surface area contributed by atoms with Gasteiger partial charge in [-0.3, -0.25) is 0 Å². The maximum Gasteiger partial charge on any atom is 0.119 e. The number of hydrogen-bond acceptors (Lipinski definition) is 2. The van der Waals surface area contributed by atoms with Gasteiger partial charge in [0.05, 0.1) is 0 Å². The number of ether oxygens (including phenoxy) is 1. The molecule has 1 N–H and O–H groups in total. The minimum Gasteiger partial charge on any atom is -0.489 e. The van der Waals surface area contributed by atoms with E-state index in [1.165, 1.54) is 29.7 Å². The third-order valence-corrected chi connectivity index (χ3v) is 3.26. The standard InChI is InChI=1S/C16H17NO/c1-2-6-15(7-3-1)18-12-13-8-9-16-14(11-13)5-4-10-17-16/h1-3,6-9,11,17H,4-5,10,12H2. The molecule has 1 aliphatic heterocycles. The average molecular weight is 239 g/mol. The van der Waals surface area contributed by atoms with Crippen molar-refractivity contribution in [2.24, 2.45) is 0 Å². The van der Waals surface area contributed by atoms with Crippen molar-refractivity contribution in [2.75, 3.05) is 11.9 Å². The summed E-state index contributed by atoms with van der Waals surface area (Å²) in [7, 11) is 0. The molecule has 0 aromatic heterocycles.